The quantitative estimate of drug-likeness (QED) is 0.736. The average Bonchev–Trinajstić information content (AvgIpc) is 2.68. The fourth-order valence-corrected chi connectivity index (χ4v) is 3.33. The summed E-state index contributed by atoms with van der Waals surface area (Å²) in [4.78, 5) is 16.4. The fraction of sp³-hybridized carbons (Fsp3) is 0.300. The van der Waals surface area contributed by atoms with Crippen LogP contribution in [0.15, 0.2) is 54.6 Å². The smallest absolute Gasteiger partial charge is 0.228 e. The minimum atomic E-state index is 0.829. The molecule has 1 aliphatic rings. The molecular weight excluding hydrogens is 310 g/mol. The Bertz CT molecular complexity index is 854. The normalized spacial score (nSPS) is 14.8. The minimum absolute atomic E-state index is 0.829. The average molecular weight is 333 g/mol. The molecule has 0 amide bonds. The lowest BCUT2D eigenvalue weighted by molar-refractivity contribution is 0.641. The predicted octanol–water partition coefficient (Wildman–Crippen LogP) is 3.02. The van der Waals surface area contributed by atoms with E-state index in [1.165, 1.54) is 5.69 Å². The summed E-state index contributed by atoms with van der Waals surface area (Å²) in [5.74, 6) is 1.81. The van der Waals surface area contributed by atoms with Gasteiger partial charge in [-0.05, 0) is 24.3 Å². The molecule has 0 bridgehead atoms. The van der Waals surface area contributed by atoms with E-state index in [0.29, 0.717) is 0 Å². The van der Waals surface area contributed by atoms with Crippen LogP contribution >= 0.6 is 0 Å². The highest BCUT2D eigenvalue weighted by atomic mass is 15.3. The van der Waals surface area contributed by atoms with Crippen molar-refractivity contribution in [1.82, 2.24) is 9.97 Å². The number of hydrogen-bond acceptors (Lipinski definition) is 5. The van der Waals surface area contributed by atoms with E-state index in [1.54, 1.807) is 0 Å². The van der Waals surface area contributed by atoms with E-state index in [2.05, 4.69) is 57.2 Å². The lowest BCUT2D eigenvalue weighted by Crippen LogP contribution is -2.47. The topological polar surface area (TPSA) is 35.5 Å². The molecule has 5 heteroatoms. The molecule has 128 valence electrons. The van der Waals surface area contributed by atoms with Crippen LogP contribution in [0.1, 0.15) is 0 Å². The van der Waals surface area contributed by atoms with Gasteiger partial charge in [-0.25, -0.2) is 4.98 Å². The zero-order valence-corrected chi connectivity index (χ0v) is 14.8. The molecule has 4 rings (SSSR count). The van der Waals surface area contributed by atoms with Crippen molar-refractivity contribution < 1.29 is 0 Å². The largest absolute Gasteiger partial charge is 0.368 e. The number of benzene rings is 2. The number of rotatable bonds is 3. The van der Waals surface area contributed by atoms with Crippen LogP contribution < -0.4 is 14.7 Å². The van der Waals surface area contributed by atoms with Gasteiger partial charge in [0.05, 0.1) is 5.52 Å². The summed E-state index contributed by atoms with van der Waals surface area (Å²) in [5.41, 5.74) is 2.29. The van der Waals surface area contributed by atoms with Crippen LogP contribution in [0.3, 0.4) is 0 Å². The summed E-state index contributed by atoms with van der Waals surface area (Å²) in [5, 5.41) is 1.10. The van der Waals surface area contributed by atoms with Gasteiger partial charge >= 0.3 is 0 Å². The van der Waals surface area contributed by atoms with Crippen molar-refractivity contribution >= 4 is 28.4 Å². The molecule has 2 heterocycles. The second-order valence-electron chi connectivity index (χ2n) is 6.57. The summed E-state index contributed by atoms with van der Waals surface area (Å²) < 4.78 is 0. The van der Waals surface area contributed by atoms with Gasteiger partial charge in [0.2, 0.25) is 5.95 Å². The zero-order chi connectivity index (χ0) is 17.2. The molecule has 0 atom stereocenters. The molecule has 1 aliphatic heterocycles. The molecule has 1 fully saturated rings. The van der Waals surface area contributed by atoms with Crippen molar-refractivity contribution in [2.75, 3.05) is 55.0 Å². The van der Waals surface area contributed by atoms with E-state index in [9.17, 15) is 0 Å². The number of anilines is 3. The fourth-order valence-electron chi connectivity index (χ4n) is 3.33. The van der Waals surface area contributed by atoms with E-state index < -0.39 is 0 Å². The molecule has 25 heavy (non-hydrogen) atoms. The van der Waals surface area contributed by atoms with E-state index in [0.717, 1.165) is 48.8 Å². The second-order valence-corrected chi connectivity index (χ2v) is 6.57. The van der Waals surface area contributed by atoms with Crippen LogP contribution in [0, 0.1) is 0 Å². The maximum atomic E-state index is 4.84. The Labute approximate surface area is 148 Å². The molecule has 0 saturated carbocycles. The second kappa shape index (κ2) is 6.59. The summed E-state index contributed by atoms with van der Waals surface area (Å²) in [7, 11) is 4.07. The van der Waals surface area contributed by atoms with Gasteiger partial charge in [0.25, 0.3) is 0 Å². The van der Waals surface area contributed by atoms with Crippen LogP contribution in [0.5, 0.6) is 0 Å². The third-order valence-electron chi connectivity index (χ3n) is 4.68. The van der Waals surface area contributed by atoms with Crippen molar-refractivity contribution in [3.8, 4) is 0 Å². The Morgan fingerprint density at radius 2 is 1.40 bits per heavy atom. The molecule has 0 radical (unpaired) electrons. The number of nitrogens with zero attached hydrogens (tertiary/aromatic N) is 5. The third kappa shape index (κ3) is 3.09. The third-order valence-corrected chi connectivity index (χ3v) is 4.68. The molecular formula is C20H23N5. The SMILES string of the molecule is CN(C)c1nc(N2CCN(c3ccccc3)CC2)nc2ccccc12. The van der Waals surface area contributed by atoms with Crippen LogP contribution in [0.4, 0.5) is 17.5 Å². The molecule has 0 unspecified atom stereocenters. The van der Waals surface area contributed by atoms with Gasteiger partial charge in [-0.3, -0.25) is 0 Å². The Morgan fingerprint density at radius 3 is 2.12 bits per heavy atom. The van der Waals surface area contributed by atoms with E-state index in [1.807, 2.05) is 26.2 Å². The first kappa shape index (κ1) is 15.7. The summed E-state index contributed by atoms with van der Waals surface area (Å²) >= 11 is 0. The number of fused-ring (bicyclic) bond motifs is 1. The maximum Gasteiger partial charge on any atom is 0.228 e. The minimum Gasteiger partial charge on any atom is -0.368 e. The molecule has 0 N–H and O–H groups in total. The van der Waals surface area contributed by atoms with Gasteiger partial charge in [-0.15, -0.1) is 0 Å². The van der Waals surface area contributed by atoms with Crippen LogP contribution in [0.25, 0.3) is 10.9 Å². The molecule has 5 nitrogen and oxygen atoms in total. The Morgan fingerprint density at radius 1 is 0.760 bits per heavy atom. The molecule has 0 spiro atoms. The summed E-state index contributed by atoms with van der Waals surface area (Å²) in [6.07, 6.45) is 0. The van der Waals surface area contributed by atoms with Crippen molar-refractivity contribution in [2.45, 2.75) is 0 Å². The first-order valence-electron chi connectivity index (χ1n) is 8.71. The Kier molecular flexibility index (Phi) is 4.14. The highest BCUT2D eigenvalue weighted by Gasteiger charge is 2.20. The first-order chi connectivity index (χ1) is 12.2. The van der Waals surface area contributed by atoms with Crippen molar-refractivity contribution in [2.24, 2.45) is 0 Å². The van der Waals surface area contributed by atoms with Crippen LogP contribution in [0.2, 0.25) is 0 Å². The Hall–Kier alpha value is -2.82. The molecule has 3 aromatic rings. The number of piperazine rings is 1. The van der Waals surface area contributed by atoms with Crippen molar-refractivity contribution in [3.63, 3.8) is 0 Å². The van der Waals surface area contributed by atoms with Gasteiger partial charge in [0, 0.05) is 51.3 Å². The van der Waals surface area contributed by atoms with Crippen LogP contribution in [-0.2, 0) is 0 Å². The first-order valence-corrected chi connectivity index (χ1v) is 8.71. The number of para-hydroxylation sites is 2. The van der Waals surface area contributed by atoms with Gasteiger partial charge in [-0.1, -0.05) is 30.3 Å². The molecule has 0 aliphatic carbocycles. The van der Waals surface area contributed by atoms with Gasteiger partial charge in [-0.2, -0.15) is 4.98 Å². The lowest BCUT2D eigenvalue weighted by atomic mass is 10.2. The van der Waals surface area contributed by atoms with Gasteiger partial charge < -0.3 is 14.7 Å². The van der Waals surface area contributed by atoms with E-state index in [4.69, 9.17) is 9.97 Å². The van der Waals surface area contributed by atoms with Crippen LogP contribution in [-0.4, -0.2) is 50.2 Å². The maximum absolute atomic E-state index is 4.84. The summed E-state index contributed by atoms with van der Waals surface area (Å²) in [6, 6.07) is 18.8. The number of hydrogen-bond donors (Lipinski definition) is 0. The van der Waals surface area contributed by atoms with Gasteiger partial charge in [0.1, 0.15) is 5.82 Å². The van der Waals surface area contributed by atoms with Crippen molar-refractivity contribution in [1.29, 1.82) is 0 Å². The molecule has 2 aromatic carbocycles. The predicted molar refractivity (Wildman–Crippen MR) is 105 cm³/mol. The standard InChI is InChI=1S/C20H23N5/c1-23(2)19-17-10-6-7-11-18(17)21-20(22-19)25-14-12-24(13-15-25)16-8-4-3-5-9-16/h3-11H,12-15H2,1-2H3. The highest BCUT2D eigenvalue weighted by Crippen LogP contribution is 2.26. The van der Waals surface area contributed by atoms with Gasteiger partial charge in [0.15, 0.2) is 0 Å². The molecule has 1 saturated heterocycles. The monoisotopic (exact) mass is 333 g/mol. The highest BCUT2D eigenvalue weighted by molar-refractivity contribution is 5.90. The lowest BCUT2D eigenvalue weighted by Gasteiger charge is -2.36. The van der Waals surface area contributed by atoms with E-state index in [-0.39, 0.29) is 0 Å². The van der Waals surface area contributed by atoms with Crippen molar-refractivity contribution in [3.05, 3.63) is 54.6 Å². The molecule has 1 aromatic heterocycles. The number of aromatic nitrogens is 2. The zero-order valence-electron chi connectivity index (χ0n) is 14.8. The van der Waals surface area contributed by atoms with E-state index >= 15 is 0 Å². The Balaban J connectivity index is 1.59. The summed E-state index contributed by atoms with van der Waals surface area (Å²) in [6.45, 7) is 3.83.